The molecule has 0 unspecified atom stereocenters. The average Bonchev–Trinajstić information content (AvgIpc) is 2.77. The van der Waals surface area contributed by atoms with E-state index < -0.39 is 17.6 Å². The predicted molar refractivity (Wildman–Crippen MR) is 58.8 cm³/mol. The highest BCUT2D eigenvalue weighted by Gasteiger charge is 2.14. The van der Waals surface area contributed by atoms with Gasteiger partial charge in [-0.15, -0.1) is 11.3 Å². The summed E-state index contributed by atoms with van der Waals surface area (Å²) >= 11 is 0.991. The monoisotopic (exact) mass is 255 g/mol. The highest BCUT2D eigenvalue weighted by molar-refractivity contribution is 7.16. The van der Waals surface area contributed by atoms with Gasteiger partial charge in [-0.1, -0.05) is 0 Å². The molecular formula is C11H7F2NO2S. The molecule has 88 valence electrons. The van der Waals surface area contributed by atoms with Crippen molar-refractivity contribution in [3.63, 3.8) is 0 Å². The van der Waals surface area contributed by atoms with E-state index in [1.54, 1.807) is 0 Å². The number of halogens is 2. The summed E-state index contributed by atoms with van der Waals surface area (Å²) in [5.41, 5.74) is 0.159. The molecule has 2 rings (SSSR count). The molecule has 17 heavy (non-hydrogen) atoms. The van der Waals surface area contributed by atoms with Crippen LogP contribution in [0.15, 0.2) is 24.4 Å². The SMILES string of the molecule is COC(=O)c1cnc(-c2ccc(F)cc2F)s1. The minimum atomic E-state index is -0.712. The van der Waals surface area contributed by atoms with Crippen LogP contribution in [0.5, 0.6) is 0 Å². The predicted octanol–water partition coefficient (Wildman–Crippen LogP) is 2.87. The topological polar surface area (TPSA) is 39.2 Å². The van der Waals surface area contributed by atoms with Gasteiger partial charge in [0.05, 0.1) is 13.3 Å². The Morgan fingerprint density at radius 3 is 2.82 bits per heavy atom. The van der Waals surface area contributed by atoms with Crippen LogP contribution in [0.1, 0.15) is 9.67 Å². The Morgan fingerprint density at radius 1 is 1.41 bits per heavy atom. The molecule has 0 aliphatic carbocycles. The van der Waals surface area contributed by atoms with E-state index in [9.17, 15) is 13.6 Å². The van der Waals surface area contributed by atoms with E-state index in [0.717, 1.165) is 23.5 Å². The van der Waals surface area contributed by atoms with Crippen LogP contribution in [-0.4, -0.2) is 18.1 Å². The van der Waals surface area contributed by atoms with Crippen LogP contribution in [0, 0.1) is 11.6 Å². The average molecular weight is 255 g/mol. The highest BCUT2D eigenvalue weighted by Crippen LogP contribution is 2.28. The Kier molecular flexibility index (Phi) is 3.14. The maximum Gasteiger partial charge on any atom is 0.349 e. The molecule has 2 aromatic rings. The third-order valence-electron chi connectivity index (χ3n) is 2.05. The van der Waals surface area contributed by atoms with Crippen LogP contribution in [0.2, 0.25) is 0 Å². The summed E-state index contributed by atoms with van der Waals surface area (Å²) in [4.78, 5) is 15.4. The highest BCUT2D eigenvalue weighted by atomic mass is 32.1. The molecular weight excluding hydrogens is 248 g/mol. The standard InChI is InChI=1S/C11H7F2NO2S/c1-16-11(15)9-5-14-10(17-9)7-3-2-6(12)4-8(7)13/h2-5H,1H3. The summed E-state index contributed by atoms with van der Waals surface area (Å²) in [6, 6.07) is 3.19. The van der Waals surface area contributed by atoms with Crippen molar-refractivity contribution in [2.45, 2.75) is 0 Å². The number of nitrogens with zero attached hydrogens (tertiary/aromatic N) is 1. The lowest BCUT2D eigenvalue weighted by atomic mass is 10.2. The minimum Gasteiger partial charge on any atom is -0.465 e. The van der Waals surface area contributed by atoms with Crippen molar-refractivity contribution in [2.75, 3.05) is 7.11 Å². The number of carbonyl (C=O) groups is 1. The van der Waals surface area contributed by atoms with Crippen molar-refractivity contribution in [1.29, 1.82) is 0 Å². The van der Waals surface area contributed by atoms with Gasteiger partial charge in [-0.3, -0.25) is 0 Å². The molecule has 0 fully saturated rings. The molecule has 0 spiro atoms. The van der Waals surface area contributed by atoms with Crippen molar-refractivity contribution >= 4 is 17.3 Å². The van der Waals surface area contributed by atoms with E-state index in [4.69, 9.17) is 0 Å². The number of esters is 1. The van der Waals surface area contributed by atoms with Crippen molar-refractivity contribution in [3.8, 4) is 10.6 Å². The Labute approximate surface area is 99.7 Å². The summed E-state index contributed by atoms with van der Waals surface area (Å²) in [5, 5.41) is 0.308. The summed E-state index contributed by atoms with van der Waals surface area (Å²) in [6.07, 6.45) is 1.30. The van der Waals surface area contributed by atoms with Gasteiger partial charge in [-0.25, -0.2) is 18.6 Å². The third kappa shape index (κ3) is 2.31. The van der Waals surface area contributed by atoms with Crippen molar-refractivity contribution in [2.24, 2.45) is 0 Å². The van der Waals surface area contributed by atoms with E-state index in [1.165, 1.54) is 19.4 Å². The van der Waals surface area contributed by atoms with E-state index in [0.29, 0.717) is 5.01 Å². The maximum atomic E-state index is 13.4. The first-order valence-electron chi connectivity index (χ1n) is 4.61. The molecule has 1 aromatic heterocycles. The van der Waals surface area contributed by atoms with Gasteiger partial charge >= 0.3 is 5.97 Å². The summed E-state index contributed by atoms with van der Waals surface area (Å²) in [6.45, 7) is 0. The number of ether oxygens (including phenoxy) is 1. The fourth-order valence-electron chi connectivity index (χ4n) is 1.26. The van der Waals surface area contributed by atoms with E-state index >= 15 is 0 Å². The molecule has 0 aliphatic heterocycles. The molecule has 0 atom stereocenters. The molecule has 1 aromatic carbocycles. The Bertz CT molecular complexity index is 568. The van der Waals surface area contributed by atoms with Crippen molar-refractivity contribution in [3.05, 3.63) is 40.9 Å². The second kappa shape index (κ2) is 4.58. The van der Waals surface area contributed by atoms with Crippen molar-refractivity contribution in [1.82, 2.24) is 4.98 Å². The van der Waals surface area contributed by atoms with Crippen LogP contribution < -0.4 is 0 Å². The van der Waals surface area contributed by atoms with Crippen LogP contribution in [0.25, 0.3) is 10.6 Å². The Morgan fingerprint density at radius 2 is 2.18 bits per heavy atom. The first-order valence-corrected chi connectivity index (χ1v) is 5.43. The van der Waals surface area contributed by atoms with Gasteiger partial charge in [0, 0.05) is 11.6 Å². The number of hydrogen-bond donors (Lipinski definition) is 0. The fraction of sp³-hybridized carbons (Fsp3) is 0.0909. The zero-order valence-corrected chi connectivity index (χ0v) is 9.55. The van der Waals surface area contributed by atoms with Crippen LogP contribution in [0.3, 0.4) is 0 Å². The van der Waals surface area contributed by atoms with Gasteiger partial charge in [0.25, 0.3) is 0 Å². The van der Waals surface area contributed by atoms with Gasteiger partial charge in [0.2, 0.25) is 0 Å². The van der Waals surface area contributed by atoms with Crippen LogP contribution in [-0.2, 0) is 4.74 Å². The molecule has 1 heterocycles. The lowest BCUT2D eigenvalue weighted by molar-refractivity contribution is 0.0606. The fourth-order valence-corrected chi connectivity index (χ4v) is 2.12. The van der Waals surface area contributed by atoms with Gasteiger partial charge in [-0.2, -0.15) is 0 Å². The number of aromatic nitrogens is 1. The number of methoxy groups -OCH3 is 1. The van der Waals surface area contributed by atoms with E-state index in [1.807, 2.05) is 0 Å². The summed E-state index contributed by atoms with van der Waals surface area (Å²) in [5.74, 6) is -1.90. The van der Waals surface area contributed by atoms with Crippen LogP contribution >= 0.6 is 11.3 Å². The second-order valence-corrected chi connectivity index (χ2v) is 4.18. The van der Waals surface area contributed by atoms with Gasteiger partial charge < -0.3 is 4.74 Å². The van der Waals surface area contributed by atoms with E-state index in [2.05, 4.69) is 9.72 Å². The molecule has 0 bridgehead atoms. The molecule has 6 heteroatoms. The quantitative estimate of drug-likeness (QED) is 0.774. The normalized spacial score (nSPS) is 10.3. The lowest BCUT2D eigenvalue weighted by Crippen LogP contribution is -1.96. The number of rotatable bonds is 2. The number of carbonyl (C=O) groups excluding carboxylic acids is 1. The van der Waals surface area contributed by atoms with Crippen LogP contribution in [0.4, 0.5) is 8.78 Å². The molecule has 0 saturated heterocycles. The first-order chi connectivity index (χ1) is 8.11. The smallest absolute Gasteiger partial charge is 0.349 e. The maximum absolute atomic E-state index is 13.4. The summed E-state index contributed by atoms with van der Waals surface area (Å²) < 4.78 is 30.7. The number of hydrogen-bond acceptors (Lipinski definition) is 4. The zero-order valence-electron chi connectivity index (χ0n) is 8.74. The Hall–Kier alpha value is -1.82. The third-order valence-corrected chi connectivity index (χ3v) is 3.06. The zero-order chi connectivity index (χ0) is 12.4. The lowest BCUT2D eigenvalue weighted by Gasteiger charge is -1.98. The minimum absolute atomic E-state index is 0.159. The van der Waals surface area contributed by atoms with Crippen molar-refractivity contribution < 1.29 is 18.3 Å². The summed E-state index contributed by atoms with van der Waals surface area (Å²) in [7, 11) is 1.25. The molecule has 0 aliphatic rings. The molecule has 3 nitrogen and oxygen atoms in total. The molecule has 0 N–H and O–H groups in total. The number of thiazole rings is 1. The second-order valence-electron chi connectivity index (χ2n) is 3.15. The number of benzene rings is 1. The van der Waals surface area contributed by atoms with Gasteiger partial charge in [0.15, 0.2) is 0 Å². The van der Waals surface area contributed by atoms with E-state index in [-0.39, 0.29) is 10.4 Å². The molecule has 0 amide bonds. The molecule has 0 saturated carbocycles. The molecule has 0 radical (unpaired) electrons. The first kappa shape index (κ1) is 11.7. The largest absolute Gasteiger partial charge is 0.465 e. The van der Waals surface area contributed by atoms with Gasteiger partial charge in [0.1, 0.15) is 21.5 Å². The Balaban J connectivity index is 2.40. The van der Waals surface area contributed by atoms with Gasteiger partial charge in [-0.05, 0) is 12.1 Å².